The molecule has 9 heteroatoms. The number of aliphatic hydroxyl groups excluding tert-OH is 1. The molecule has 1 amide bonds. The summed E-state index contributed by atoms with van der Waals surface area (Å²) >= 11 is 0. The number of amides is 1. The number of pyridine rings is 1. The molecule has 0 aliphatic carbocycles. The molecule has 2 heterocycles. The van der Waals surface area contributed by atoms with Gasteiger partial charge in [0.15, 0.2) is 0 Å². The lowest BCUT2D eigenvalue weighted by atomic mass is 9.99. The number of likely N-dealkylation sites (tertiary alicyclic amines) is 1. The van der Waals surface area contributed by atoms with Crippen LogP contribution in [0.3, 0.4) is 0 Å². The molecular formula is C29H22F4N2O3. The lowest BCUT2D eigenvalue weighted by Crippen LogP contribution is -2.53. The standard InChI is InChI=1S/C29H22F4N2O3/c30-26-12-18(6-9-24(26)20-7-11-27(34-14-20)28(37)35-15-21(36)16-35)17-38-22-8-10-23(19-4-2-1-3-5-19)25(13-22)29(31,32)33/h1-14,21,36H,15-17H2. The highest BCUT2D eigenvalue weighted by molar-refractivity contribution is 5.93. The molecule has 38 heavy (non-hydrogen) atoms. The lowest BCUT2D eigenvalue weighted by molar-refractivity contribution is -0.137. The van der Waals surface area contributed by atoms with Gasteiger partial charge in [0.05, 0.1) is 11.7 Å². The number of halogens is 4. The van der Waals surface area contributed by atoms with Gasteiger partial charge in [-0.25, -0.2) is 4.39 Å². The monoisotopic (exact) mass is 522 g/mol. The Morgan fingerprint density at radius 2 is 1.68 bits per heavy atom. The van der Waals surface area contributed by atoms with E-state index in [1.807, 2.05) is 0 Å². The van der Waals surface area contributed by atoms with E-state index in [0.717, 1.165) is 6.07 Å². The number of nitrogens with zero attached hydrogens (tertiary/aromatic N) is 2. The number of alkyl halides is 3. The van der Waals surface area contributed by atoms with Crippen LogP contribution < -0.4 is 4.74 Å². The van der Waals surface area contributed by atoms with E-state index in [0.29, 0.717) is 16.7 Å². The maximum atomic E-state index is 14.9. The summed E-state index contributed by atoms with van der Waals surface area (Å²) in [7, 11) is 0. The van der Waals surface area contributed by atoms with E-state index in [1.54, 1.807) is 42.5 Å². The van der Waals surface area contributed by atoms with Gasteiger partial charge in [-0.3, -0.25) is 9.78 Å². The number of benzene rings is 3. The Kier molecular flexibility index (Phi) is 6.86. The molecular weight excluding hydrogens is 500 g/mol. The van der Waals surface area contributed by atoms with Crippen LogP contribution in [-0.4, -0.2) is 40.1 Å². The number of ether oxygens (including phenoxy) is 1. The normalized spacial score (nSPS) is 13.8. The third kappa shape index (κ3) is 5.38. The Balaban J connectivity index is 1.29. The minimum absolute atomic E-state index is 0.0145. The molecule has 4 aromatic rings. The quantitative estimate of drug-likeness (QED) is 0.317. The second-order valence-corrected chi connectivity index (χ2v) is 8.97. The van der Waals surface area contributed by atoms with E-state index in [2.05, 4.69) is 4.98 Å². The molecule has 0 saturated carbocycles. The Hall–Kier alpha value is -4.24. The zero-order chi connectivity index (χ0) is 26.9. The second kappa shape index (κ2) is 10.3. The average molecular weight is 522 g/mol. The highest BCUT2D eigenvalue weighted by Crippen LogP contribution is 2.39. The van der Waals surface area contributed by atoms with Crippen LogP contribution in [-0.2, 0) is 12.8 Å². The molecule has 5 nitrogen and oxygen atoms in total. The first-order valence-corrected chi connectivity index (χ1v) is 11.8. The van der Waals surface area contributed by atoms with Gasteiger partial charge in [-0.2, -0.15) is 13.2 Å². The fraction of sp³-hybridized carbons (Fsp3) is 0.172. The maximum absolute atomic E-state index is 14.9. The first kappa shape index (κ1) is 25.4. The molecule has 0 atom stereocenters. The molecule has 0 spiro atoms. The summed E-state index contributed by atoms with van der Waals surface area (Å²) < 4.78 is 61.7. The van der Waals surface area contributed by atoms with Gasteiger partial charge in [0.1, 0.15) is 23.9 Å². The van der Waals surface area contributed by atoms with Crippen LogP contribution in [0.5, 0.6) is 5.75 Å². The lowest BCUT2D eigenvalue weighted by Gasteiger charge is -2.35. The molecule has 0 bridgehead atoms. The smallest absolute Gasteiger partial charge is 0.417 e. The molecule has 1 N–H and O–H groups in total. The predicted octanol–water partition coefficient (Wildman–Crippen LogP) is 5.97. The third-order valence-corrected chi connectivity index (χ3v) is 6.26. The zero-order valence-corrected chi connectivity index (χ0v) is 20.0. The van der Waals surface area contributed by atoms with Crippen molar-refractivity contribution >= 4 is 5.91 Å². The van der Waals surface area contributed by atoms with E-state index in [4.69, 9.17) is 4.74 Å². The Bertz CT molecular complexity index is 1450. The highest BCUT2D eigenvalue weighted by Gasteiger charge is 2.34. The number of hydrogen-bond acceptors (Lipinski definition) is 4. The van der Waals surface area contributed by atoms with Crippen molar-refractivity contribution < 1.29 is 32.2 Å². The molecule has 1 aromatic heterocycles. The molecule has 1 fully saturated rings. The Morgan fingerprint density at radius 1 is 0.947 bits per heavy atom. The molecule has 194 valence electrons. The summed E-state index contributed by atoms with van der Waals surface area (Å²) in [5.41, 5.74) is 1.01. The largest absolute Gasteiger partial charge is 0.489 e. The maximum Gasteiger partial charge on any atom is 0.417 e. The van der Waals surface area contributed by atoms with Crippen molar-refractivity contribution in [2.75, 3.05) is 13.1 Å². The van der Waals surface area contributed by atoms with Gasteiger partial charge in [-0.15, -0.1) is 0 Å². The number of hydrogen-bond donors (Lipinski definition) is 1. The fourth-order valence-corrected chi connectivity index (χ4v) is 4.23. The van der Waals surface area contributed by atoms with Crippen molar-refractivity contribution in [2.24, 2.45) is 0 Å². The number of carbonyl (C=O) groups excluding carboxylic acids is 1. The van der Waals surface area contributed by atoms with Crippen molar-refractivity contribution in [2.45, 2.75) is 18.9 Å². The second-order valence-electron chi connectivity index (χ2n) is 8.97. The number of carbonyl (C=O) groups is 1. The summed E-state index contributed by atoms with van der Waals surface area (Å²) in [5, 5.41) is 9.35. The Morgan fingerprint density at radius 3 is 2.32 bits per heavy atom. The average Bonchev–Trinajstić information content (AvgIpc) is 2.90. The minimum atomic E-state index is -4.58. The zero-order valence-electron chi connectivity index (χ0n) is 20.0. The van der Waals surface area contributed by atoms with Crippen LogP contribution in [0.1, 0.15) is 21.6 Å². The van der Waals surface area contributed by atoms with Crippen molar-refractivity contribution in [1.29, 1.82) is 0 Å². The van der Waals surface area contributed by atoms with Crippen LogP contribution in [0, 0.1) is 5.82 Å². The third-order valence-electron chi connectivity index (χ3n) is 6.26. The van der Waals surface area contributed by atoms with Crippen LogP contribution in [0.4, 0.5) is 17.6 Å². The molecule has 5 rings (SSSR count). The van der Waals surface area contributed by atoms with Gasteiger partial charge in [-0.05, 0) is 41.0 Å². The van der Waals surface area contributed by atoms with Crippen LogP contribution >= 0.6 is 0 Å². The number of rotatable bonds is 6. The molecule has 0 unspecified atom stereocenters. The van der Waals surface area contributed by atoms with Gasteiger partial charge in [0.25, 0.3) is 5.91 Å². The summed E-state index contributed by atoms with van der Waals surface area (Å²) in [5.74, 6) is -0.853. The van der Waals surface area contributed by atoms with E-state index in [1.165, 1.54) is 41.4 Å². The van der Waals surface area contributed by atoms with E-state index >= 15 is 0 Å². The van der Waals surface area contributed by atoms with Crippen molar-refractivity contribution in [3.05, 3.63) is 108 Å². The molecule has 0 radical (unpaired) electrons. The highest BCUT2D eigenvalue weighted by atomic mass is 19.4. The SMILES string of the molecule is O=C(c1ccc(-c2ccc(COc3ccc(-c4ccccc4)c(C(F)(F)F)c3)cc2F)cn1)N1CC(O)C1. The molecule has 1 aliphatic rings. The topological polar surface area (TPSA) is 62.7 Å². The molecule has 3 aromatic carbocycles. The Labute approximate surface area is 215 Å². The van der Waals surface area contributed by atoms with Gasteiger partial charge < -0.3 is 14.7 Å². The molecule has 1 aliphatic heterocycles. The number of β-amino-alcohol motifs (C(OH)–C–C–N with tert-alkyl or cyclic N) is 1. The summed E-state index contributed by atoms with van der Waals surface area (Å²) in [6.45, 7) is 0.386. The van der Waals surface area contributed by atoms with E-state index < -0.39 is 23.7 Å². The van der Waals surface area contributed by atoms with E-state index in [9.17, 15) is 27.5 Å². The van der Waals surface area contributed by atoms with Crippen LogP contribution in [0.25, 0.3) is 22.3 Å². The van der Waals surface area contributed by atoms with E-state index in [-0.39, 0.29) is 48.2 Å². The molecule has 1 saturated heterocycles. The van der Waals surface area contributed by atoms with Gasteiger partial charge in [0, 0.05) is 30.4 Å². The summed E-state index contributed by atoms with van der Waals surface area (Å²) in [4.78, 5) is 17.9. The van der Waals surface area contributed by atoms with Gasteiger partial charge in [0.2, 0.25) is 0 Å². The first-order chi connectivity index (χ1) is 18.2. The predicted molar refractivity (Wildman–Crippen MR) is 133 cm³/mol. The number of aliphatic hydroxyl groups is 1. The van der Waals surface area contributed by atoms with Crippen molar-refractivity contribution in [1.82, 2.24) is 9.88 Å². The first-order valence-electron chi connectivity index (χ1n) is 11.8. The van der Waals surface area contributed by atoms with Crippen LogP contribution in [0.2, 0.25) is 0 Å². The van der Waals surface area contributed by atoms with Gasteiger partial charge in [-0.1, -0.05) is 54.6 Å². The fourth-order valence-electron chi connectivity index (χ4n) is 4.23. The van der Waals surface area contributed by atoms with Gasteiger partial charge >= 0.3 is 6.18 Å². The summed E-state index contributed by atoms with van der Waals surface area (Å²) in [6, 6.07) is 19.5. The number of aromatic nitrogens is 1. The van der Waals surface area contributed by atoms with Crippen LogP contribution in [0.15, 0.2) is 85.1 Å². The summed E-state index contributed by atoms with van der Waals surface area (Å²) in [6.07, 6.45) is -3.70. The minimum Gasteiger partial charge on any atom is -0.489 e. The van der Waals surface area contributed by atoms with Crippen molar-refractivity contribution in [3.8, 4) is 28.0 Å². The van der Waals surface area contributed by atoms with Crippen molar-refractivity contribution in [3.63, 3.8) is 0 Å².